The Morgan fingerprint density at radius 1 is 1.08 bits per heavy atom. The van der Waals surface area contributed by atoms with Crippen molar-refractivity contribution in [3.05, 3.63) is 59.9 Å². The molecule has 0 aliphatic carbocycles. The molecule has 9 heteroatoms. The minimum Gasteiger partial charge on any atom is -0.406 e. The van der Waals surface area contributed by atoms with Crippen LogP contribution in [-0.2, 0) is 0 Å². The predicted octanol–water partition coefficient (Wildman–Crippen LogP) is 5.18. The highest BCUT2D eigenvalue weighted by molar-refractivity contribution is 6.31. The van der Waals surface area contributed by atoms with Gasteiger partial charge in [0.05, 0.1) is 11.0 Å². The average Bonchev–Trinajstić information content (AvgIpc) is 3.05. The molecule has 0 atom stereocenters. The number of hydrogen-bond donors (Lipinski definition) is 1. The van der Waals surface area contributed by atoms with Crippen LogP contribution in [0.5, 0.6) is 5.75 Å². The largest absolute Gasteiger partial charge is 0.573 e. The Morgan fingerprint density at radius 3 is 2.58 bits per heavy atom. The van der Waals surface area contributed by atoms with E-state index in [0.29, 0.717) is 27.7 Å². The normalized spacial score (nSPS) is 11.8. The first-order valence-corrected chi connectivity index (χ1v) is 7.82. The van der Waals surface area contributed by atoms with E-state index in [4.69, 9.17) is 11.6 Å². The number of fused-ring (bicyclic) bond motifs is 3. The monoisotopic (exact) mass is 378 g/mol. The topological polar surface area (TPSA) is 51.5 Å². The summed E-state index contributed by atoms with van der Waals surface area (Å²) in [4.78, 5) is 8.81. The highest BCUT2D eigenvalue weighted by Gasteiger charge is 2.30. The van der Waals surface area contributed by atoms with E-state index in [-0.39, 0.29) is 5.75 Å². The van der Waals surface area contributed by atoms with Gasteiger partial charge < -0.3 is 10.1 Å². The molecular weight excluding hydrogens is 369 g/mol. The lowest BCUT2D eigenvalue weighted by atomic mass is 10.3. The molecule has 2 aromatic carbocycles. The standard InChI is InChI=1S/C17H10ClF3N4O/c18-10-1-6-14-13(9-10)24-15(16-22-7-8-25(14)16)23-11-2-4-12(5-3-11)26-17(19,20)21/h1-9H,(H,23,24). The lowest BCUT2D eigenvalue weighted by Gasteiger charge is -2.11. The second kappa shape index (κ2) is 6.06. The molecule has 0 amide bonds. The first kappa shape index (κ1) is 16.5. The quantitative estimate of drug-likeness (QED) is 0.534. The van der Waals surface area contributed by atoms with Gasteiger partial charge in [0.15, 0.2) is 11.5 Å². The van der Waals surface area contributed by atoms with E-state index < -0.39 is 6.36 Å². The molecule has 5 nitrogen and oxygen atoms in total. The van der Waals surface area contributed by atoms with Crippen LogP contribution in [0, 0.1) is 0 Å². The van der Waals surface area contributed by atoms with Crippen molar-refractivity contribution in [1.29, 1.82) is 0 Å². The fourth-order valence-electron chi connectivity index (χ4n) is 2.59. The molecule has 132 valence electrons. The maximum atomic E-state index is 12.2. The van der Waals surface area contributed by atoms with Gasteiger partial charge in [-0.15, -0.1) is 13.2 Å². The summed E-state index contributed by atoms with van der Waals surface area (Å²) in [6, 6.07) is 10.7. The Hall–Kier alpha value is -3.00. The lowest BCUT2D eigenvalue weighted by Crippen LogP contribution is -2.16. The predicted molar refractivity (Wildman–Crippen MR) is 91.9 cm³/mol. The Morgan fingerprint density at radius 2 is 1.85 bits per heavy atom. The molecule has 2 aromatic heterocycles. The van der Waals surface area contributed by atoms with E-state index in [9.17, 15) is 13.2 Å². The Labute approximate surface area is 150 Å². The van der Waals surface area contributed by atoms with Crippen LogP contribution < -0.4 is 10.1 Å². The number of benzene rings is 2. The molecule has 0 spiro atoms. The molecule has 0 aliphatic heterocycles. The van der Waals surface area contributed by atoms with Gasteiger partial charge in [-0.1, -0.05) is 11.6 Å². The Bertz CT molecular complexity index is 1090. The van der Waals surface area contributed by atoms with E-state index in [0.717, 1.165) is 5.52 Å². The zero-order valence-corrected chi connectivity index (χ0v) is 13.7. The van der Waals surface area contributed by atoms with Crippen LogP contribution in [0.25, 0.3) is 16.7 Å². The zero-order valence-electron chi connectivity index (χ0n) is 13.0. The number of nitrogens with one attached hydrogen (secondary N) is 1. The molecule has 0 saturated heterocycles. The van der Waals surface area contributed by atoms with E-state index in [1.807, 2.05) is 10.5 Å². The number of anilines is 2. The summed E-state index contributed by atoms with van der Waals surface area (Å²) in [5.41, 5.74) is 2.61. The third-order valence-electron chi connectivity index (χ3n) is 3.63. The van der Waals surface area contributed by atoms with Crippen molar-refractivity contribution in [2.45, 2.75) is 6.36 Å². The van der Waals surface area contributed by atoms with E-state index in [1.165, 1.54) is 24.3 Å². The van der Waals surface area contributed by atoms with Gasteiger partial charge in [0.25, 0.3) is 0 Å². The van der Waals surface area contributed by atoms with Crippen molar-refractivity contribution in [2.24, 2.45) is 0 Å². The molecule has 0 fully saturated rings. The maximum Gasteiger partial charge on any atom is 0.573 e. The summed E-state index contributed by atoms with van der Waals surface area (Å²) in [6.45, 7) is 0. The number of nitrogens with zero attached hydrogens (tertiary/aromatic N) is 3. The van der Waals surface area contributed by atoms with Crippen LogP contribution in [0.4, 0.5) is 24.7 Å². The third-order valence-corrected chi connectivity index (χ3v) is 3.87. The molecular formula is C17H10ClF3N4O. The Balaban J connectivity index is 1.71. The summed E-state index contributed by atoms with van der Waals surface area (Å²) < 4.78 is 42.4. The number of imidazole rings is 1. The molecule has 2 heterocycles. The van der Waals surface area contributed by atoms with Crippen molar-refractivity contribution in [3.8, 4) is 5.75 Å². The van der Waals surface area contributed by atoms with Crippen LogP contribution in [-0.4, -0.2) is 20.7 Å². The molecule has 1 N–H and O–H groups in total. The van der Waals surface area contributed by atoms with Gasteiger partial charge in [-0.05, 0) is 42.5 Å². The van der Waals surface area contributed by atoms with Crippen molar-refractivity contribution >= 4 is 39.8 Å². The summed E-state index contributed by atoms with van der Waals surface area (Å²) in [7, 11) is 0. The SMILES string of the molecule is FC(F)(F)Oc1ccc(Nc2nc3cc(Cl)ccc3n3ccnc23)cc1. The molecule has 26 heavy (non-hydrogen) atoms. The number of alkyl halides is 3. The molecule has 0 unspecified atom stereocenters. The molecule has 4 aromatic rings. The van der Waals surface area contributed by atoms with Crippen LogP contribution in [0.15, 0.2) is 54.9 Å². The van der Waals surface area contributed by atoms with Crippen LogP contribution >= 0.6 is 11.6 Å². The second-order valence-corrected chi connectivity index (χ2v) is 5.85. The molecule has 0 bridgehead atoms. The van der Waals surface area contributed by atoms with Gasteiger partial charge in [0, 0.05) is 23.1 Å². The smallest absolute Gasteiger partial charge is 0.406 e. The van der Waals surface area contributed by atoms with Gasteiger partial charge in [-0.3, -0.25) is 4.40 Å². The maximum absolute atomic E-state index is 12.2. The summed E-state index contributed by atoms with van der Waals surface area (Å²) in [6.07, 6.45) is -1.30. The van der Waals surface area contributed by atoms with Gasteiger partial charge in [-0.2, -0.15) is 0 Å². The highest BCUT2D eigenvalue weighted by atomic mass is 35.5. The molecule has 0 saturated carbocycles. The summed E-state index contributed by atoms with van der Waals surface area (Å²) in [5, 5.41) is 3.61. The number of halogens is 4. The minimum absolute atomic E-state index is 0.299. The summed E-state index contributed by atoms with van der Waals surface area (Å²) in [5.74, 6) is 0.154. The number of rotatable bonds is 3. The minimum atomic E-state index is -4.73. The van der Waals surface area contributed by atoms with E-state index in [2.05, 4.69) is 20.0 Å². The fraction of sp³-hybridized carbons (Fsp3) is 0.0588. The van der Waals surface area contributed by atoms with Crippen molar-refractivity contribution in [1.82, 2.24) is 14.4 Å². The van der Waals surface area contributed by atoms with E-state index in [1.54, 1.807) is 24.5 Å². The van der Waals surface area contributed by atoms with Gasteiger partial charge in [-0.25, -0.2) is 9.97 Å². The van der Waals surface area contributed by atoms with Crippen LogP contribution in [0.1, 0.15) is 0 Å². The fourth-order valence-corrected chi connectivity index (χ4v) is 2.76. The molecule has 0 aliphatic rings. The first-order chi connectivity index (χ1) is 12.4. The Kier molecular flexibility index (Phi) is 3.84. The average molecular weight is 379 g/mol. The van der Waals surface area contributed by atoms with Crippen LogP contribution in [0.2, 0.25) is 5.02 Å². The molecule has 4 rings (SSSR count). The lowest BCUT2D eigenvalue weighted by molar-refractivity contribution is -0.274. The number of hydrogen-bond acceptors (Lipinski definition) is 4. The van der Waals surface area contributed by atoms with Crippen molar-refractivity contribution in [2.75, 3.05) is 5.32 Å². The third kappa shape index (κ3) is 3.23. The van der Waals surface area contributed by atoms with E-state index >= 15 is 0 Å². The van der Waals surface area contributed by atoms with Gasteiger partial charge in [0.1, 0.15) is 5.75 Å². The number of aromatic nitrogens is 3. The summed E-state index contributed by atoms with van der Waals surface area (Å²) >= 11 is 6.04. The number of ether oxygens (including phenoxy) is 1. The van der Waals surface area contributed by atoms with Crippen molar-refractivity contribution < 1.29 is 17.9 Å². The van der Waals surface area contributed by atoms with Gasteiger partial charge >= 0.3 is 6.36 Å². The second-order valence-electron chi connectivity index (χ2n) is 5.41. The highest BCUT2D eigenvalue weighted by Crippen LogP contribution is 2.28. The van der Waals surface area contributed by atoms with Crippen LogP contribution in [0.3, 0.4) is 0 Å². The zero-order chi connectivity index (χ0) is 18.3. The van der Waals surface area contributed by atoms with Crippen molar-refractivity contribution in [3.63, 3.8) is 0 Å². The van der Waals surface area contributed by atoms with Gasteiger partial charge in [0.2, 0.25) is 0 Å². The first-order valence-electron chi connectivity index (χ1n) is 7.44. The molecule has 0 radical (unpaired) electrons.